The van der Waals surface area contributed by atoms with Gasteiger partial charge in [-0.05, 0) is 37.8 Å². The van der Waals surface area contributed by atoms with E-state index in [1.807, 2.05) is 12.1 Å². The van der Waals surface area contributed by atoms with Crippen molar-refractivity contribution in [3.05, 3.63) is 12.1 Å². The molecule has 0 aliphatic carbocycles. The fourth-order valence-corrected chi connectivity index (χ4v) is 2.26. The highest BCUT2D eigenvalue weighted by Crippen LogP contribution is 2.24. The van der Waals surface area contributed by atoms with Crippen LogP contribution in [0.15, 0.2) is 12.1 Å². The number of nitrogens with two attached hydrogens (primary N) is 1. The fourth-order valence-electron chi connectivity index (χ4n) is 2.26. The zero-order valence-electron chi connectivity index (χ0n) is 11.0. The zero-order chi connectivity index (χ0) is 13.0. The molecule has 1 aliphatic heterocycles. The fraction of sp³-hybridized carbons (Fsp3) is 0.615. The Labute approximate surface area is 108 Å². The SMILES string of the molecule is COc1nc(NC(C)C2CCOCC2)ccc1N. The van der Waals surface area contributed by atoms with Crippen molar-refractivity contribution in [2.45, 2.75) is 25.8 Å². The van der Waals surface area contributed by atoms with Gasteiger partial charge in [0.1, 0.15) is 5.82 Å². The molecule has 18 heavy (non-hydrogen) atoms. The normalized spacial score (nSPS) is 18.3. The number of pyridine rings is 1. The second kappa shape index (κ2) is 5.91. The first kappa shape index (κ1) is 13.0. The van der Waals surface area contributed by atoms with E-state index in [2.05, 4.69) is 17.2 Å². The molecular weight excluding hydrogens is 230 g/mol. The Hall–Kier alpha value is -1.49. The van der Waals surface area contributed by atoms with Gasteiger partial charge in [0.25, 0.3) is 0 Å². The molecule has 2 rings (SSSR count). The van der Waals surface area contributed by atoms with Gasteiger partial charge in [-0.2, -0.15) is 4.98 Å². The van der Waals surface area contributed by atoms with E-state index in [1.165, 1.54) is 0 Å². The van der Waals surface area contributed by atoms with Crippen LogP contribution in [0.25, 0.3) is 0 Å². The third kappa shape index (κ3) is 3.04. The highest BCUT2D eigenvalue weighted by atomic mass is 16.5. The summed E-state index contributed by atoms with van der Waals surface area (Å²) < 4.78 is 10.5. The maximum atomic E-state index is 5.74. The van der Waals surface area contributed by atoms with E-state index in [0.29, 0.717) is 23.5 Å². The highest BCUT2D eigenvalue weighted by molar-refractivity contribution is 5.53. The van der Waals surface area contributed by atoms with Gasteiger partial charge in [0.2, 0.25) is 5.88 Å². The third-order valence-corrected chi connectivity index (χ3v) is 3.43. The molecule has 2 heterocycles. The first-order chi connectivity index (χ1) is 8.70. The number of methoxy groups -OCH3 is 1. The number of hydrogen-bond donors (Lipinski definition) is 2. The molecule has 1 atom stereocenters. The van der Waals surface area contributed by atoms with Gasteiger partial charge in [0.05, 0.1) is 12.8 Å². The summed E-state index contributed by atoms with van der Waals surface area (Å²) in [6.07, 6.45) is 2.19. The second-order valence-electron chi connectivity index (χ2n) is 4.68. The van der Waals surface area contributed by atoms with Crippen LogP contribution in [0.5, 0.6) is 5.88 Å². The summed E-state index contributed by atoms with van der Waals surface area (Å²) in [6, 6.07) is 4.06. The summed E-state index contributed by atoms with van der Waals surface area (Å²) in [5.41, 5.74) is 6.30. The number of nitrogens with zero attached hydrogens (tertiary/aromatic N) is 1. The molecule has 1 aromatic rings. The van der Waals surface area contributed by atoms with Crippen LogP contribution in [0, 0.1) is 5.92 Å². The zero-order valence-corrected chi connectivity index (χ0v) is 11.0. The van der Waals surface area contributed by atoms with E-state index in [1.54, 1.807) is 7.11 Å². The number of rotatable bonds is 4. The van der Waals surface area contributed by atoms with Crippen molar-refractivity contribution in [1.29, 1.82) is 0 Å². The minimum atomic E-state index is 0.370. The average Bonchev–Trinajstić information content (AvgIpc) is 2.42. The van der Waals surface area contributed by atoms with Crippen molar-refractivity contribution in [2.75, 3.05) is 31.4 Å². The molecule has 0 bridgehead atoms. The molecule has 0 spiro atoms. The molecule has 3 N–H and O–H groups in total. The number of hydrogen-bond acceptors (Lipinski definition) is 5. The van der Waals surface area contributed by atoms with Gasteiger partial charge in [-0.3, -0.25) is 0 Å². The van der Waals surface area contributed by atoms with Crippen LogP contribution in [-0.4, -0.2) is 31.3 Å². The van der Waals surface area contributed by atoms with Crippen molar-refractivity contribution < 1.29 is 9.47 Å². The Bertz CT molecular complexity index is 392. The van der Waals surface area contributed by atoms with Gasteiger partial charge in [-0.25, -0.2) is 0 Å². The molecular formula is C13H21N3O2. The molecule has 100 valence electrons. The molecule has 1 aromatic heterocycles. The summed E-state index contributed by atoms with van der Waals surface area (Å²) in [7, 11) is 1.57. The minimum absolute atomic E-state index is 0.370. The molecule has 0 amide bonds. The van der Waals surface area contributed by atoms with Crippen molar-refractivity contribution in [1.82, 2.24) is 4.98 Å². The summed E-state index contributed by atoms with van der Waals surface area (Å²) in [6.45, 7) is 3.89. The maximum Gasteiger partial charge on any atom is 0.238 e. The van der Waals surface area contributed by atoms with E-state index in [9.17, 15) is 0 Å². The van der Waals surface area contributed by atoms with Crippen molar-refractivity contribution in [2.24, 2.45) is 5.92 Å². The third-order valence-electron chi connectivity index (χ3n) is 3.43. The lowest BCUT2D eigenvalue weighted by Crippen LogP contribution is -2.31. The first-order valence-electron chi connectivity index (χ1n) is 6.35. The first-order valence-corrected chi connectivity index (χ1v) is 6.35. The van der Waals surface area contributed by atoms with Crippen LogP contribution in [0.4, 0.5) is 11.5 Å². The molecule has 0 aromatic carbocycles. The Balaban J connectivity index is 1.99. The number of nitrogen functional groups attached to an aromatic ring is 1. The second-order valence-corrected chi connectivity index (χ2v) is 4.68. The Morgan fingerprint density at radius 1 is 1.44 bits per heavy atom. The highest BCUT2D eigenvalue weighted by Gasteiger charge is 2.20. The predicted octanol–water partition coefficient (Wildman–Crippen LogP) is 1.90. The van der Waals surface area contributed by atoms with Crippen LogP contribution in [0.3, 0.4) is 0 Å². The lowest BCUT2D eigenvalue weighted by Gasteiger charge is -2.28. The molecule has 5 heteroatoms. The Morgan fingerprint density at radius 3 is 2.83 bits per heavy atom. The van der Waals surface area contributed by atoms with E-state index in [0.717, 1.165) is 31.9 Å². The molecule has 0 radical (unpaired) electrons. The van der Waals surface area contributed by atoms with Crippen molar-refractivity contribution >= 4 is 11.5 Å². The summed E-state index contributed by atoms with van der Waals surface area (Å²) in [5, 5.41) is 3.41. The van der Waals surface area contributed by atoms with Gasteiger partial charge in [-0.15, -0.1) is 0 Å². The summed E-state index contributed by atoms with van der Waals surface area (Å²) in [5.74, 6) is 1.91. The van der Waals surface area contributed by atoms with Crippen molar-refractivity contribution in [3.8, 4) is 5.88 Å². The minimum Gasteiger partial charge on any atom is -0.479 e. The molecule has 1 saturated heterocycles. The van der Waals surface area contributed by atoms with E-state index < -0.39 is 0 Å². The quantitative estimate of drug-likeness (QED) is 0.855. The average molecular weight is 251 g/mol. The number of aromatic nitrogens is 1. The monoisotopic (exact) mass is 251 g/mol. The predicted molar refractivity (Wildman–Crippen MR) is 71.8 cm³/mol. The van der Waals surface area contributed by atoms with Gasteiger partial charge in [0.15, 0.2) is 0 Å². The Kier molecular flexibility index (Phi) is 4.25. The van der Waals surface area contributed by atoms with Crippen LogP contribution < -0.4 is 15.8 Å². The Morgan fingerprint density at radius 2 is 2.17 bits per heavy atom. The maximum absolute atomic E-state index is 5.74. The van der Waals surface area contributed by atoms with E-state index >= 15 is 0 Å². The van der Waals surface area contributed by atoms with Gasteiger partial charge in [-0.1, -0.05) is 0 Å². The smallest absolute Gasteiger partial charge is 0.238 e. The number of ether oxygens (including phenoxy) is 2. The lowest BCUT2D eigenvalue weighted by atomic mass is 9.93. The van der Waals surface area contributed by atoms with Crippen LogP contribution in [0.1, 0.15) is 19.8 Å². The number of nitrogens with one attached hydrogen (secondary N) is 1. The van der Waals surface area contributed by atoms with Crippen LogP contribution >= 0.6 is 0 Å². The van der Waals surface area contributed by atoms with E-state index in [-0.39, 0.29) is 0 Å². The van der Waals surface area contributed by atoms with Crippen molar-refractivity contribution in [3.63, 3.8) is 0 Å². The molecule has 5 nitrogen and oxygen atoms in total. The largest absolute Gasteiger partial charge is 0.479 e. The van der Waals surface area contributed by atoms with Gasteiger partial charge in [0, 0.05) is 19.3 Å². The molecule has 1 unspecified atom stereocenters. The molecule has 0 saturated carbocycles. The van der Waals surface area contributed by atoms with Gasteiger partial charge < -0.3 is 20.5 Å². The summed E-state index contributed by atoms with van der Waals surface area (Å²) >= 11 is 0. The lowest BCUT2D eigenvalue weighted by molar-refractivity contribution is 0.0622. The van der Waals surface area contributed by atoms with Crippen LogP contribution in [-0.2, 0) is 4.74 Å². The van der Waals surface area contributed by atoms with Gasteiger partial charge >= 0.3 is 0 Å². The molecule has 1 fully saturated rings. The van der Waals surface area contributed by atoms with Crippen LogP contribution in [0.2, 0.25) is 0 Å². The standard InChI is InChI=1S/C13H21N3O2/c1-9(10-5-7-18-8-6-10)15-12-4-3-11(14)13(16-12)17-2/h3-4,9-10H,5-8,14H2,1-2H3,(H,15,16). The molecule has 1 aliphatic rings. The topological polar surface area (TPSA) is 69.4 Å². The summed E-state index contributed by atoms with van der Waals surface area (Å²) in [4.78, 5) is 4.34. The van der Waals surface area contributed by atoms with E-state index in [4.69, 9.17) is 15.2 Å². The number of anilines is 2.